The van der Waals surface area contributed by atoms with Gasteiger partial charge in [-0.3, -0.25) is 0 Å². The number of pyridine rings is 1. The maximum atomic E-state index is 5.40. The number of thioether (sulfide) groups is 1. The van der Waals surface area contributed by atoms with Crippen LogP contribution in [-0.2, 0) is 12.8 Å². The van der Waals surface area contributed by atoms with Gasteiger partial charge in [0.05, 0.1) is 17.8 Å². The summed E-state index contributed by atoms with van der Waals surface area (Å²) in [6.45, 7) is 0. The van der Waals surface area contributed by atoms with Crippen LogP contribution >= 0.6 is 11.8 Å². The smallest absolute Gasteiger partial charge is 0.119 e. The van der Waals surface area contributed by atoms with E-state index in [1.807, 2.05) is 6.07 Å². The monoisotopic (exact) mass is 338 g/mol. The van der Waals surface area contributed by atoms with Gasteiger partial charge in [0.2, 0.25) is 0 Å². The molecule has 1 aliphatic carbocycles. The van der Waals surface area contributed by atoms with Gasteiger partial charge >= 0.3 is 0 Å². The third-order valence-electron chi connectivity index (χ3n) is 4.91. The third kappa shape index (κ3) is 2.69. The van der Waals surface area contributed by atoms with Gasteiger partial charge in [-0.15, -0.1) is 11.8 Å². The number of methoxy groups -OCH3 is 1. The fourth-order valence-electron chi connectivity index (χ4n) is 3.63. The molecule has 0 atom stereocenters. The summed E-state index contributed by atoms with van der Waals surface area (Å²) in [7, 11) is 1.71. The molecule has 1 aromatic carbocycles. The van der Waals surface area contributed by atoms with Crippen LogP contribution in [0, 0.1) is 0 Å². The average molecular weight is 338 g/mol. The maximum absolute atomic E-state index is 5.40. The molecule has 0 aliphatic heterocycles. The first-order valence-electron chi connectivity index (χ1n) is 8.52. The summed E-state index contributed by atoms with van der Waals surface area (Å²) in [4.78, 5) is 8.36. The Morgan fingerprint density at radius 1 is 1.12 bits per heavy atom. The van der Waals surface area contributed by atoms with E-state index in [9.17, 15) is 0 Å². The molecular weight excluding hydrogens is 316 g/mol. The Balaban J connectivity index is 1.89. The number of aromatic amines is 1. The fourth-order valence-corrected chi connectivity index (χ4v) is 4.30. The van der Waals surface area contributed by atoms with Crippen molar-refractivity contribution in [2.45, 2.75) is 37.1 Å². The largest absolute Gasteiger partial charge is 0.497 e. The van der Waals surface area contributed by atoms with Gasteiger partial charge in [-0.2, -0.15) is 0 Å². The number of hydrogen-bond donors (Lipinski definition) is 1. The summed E-state index contributed by atoms with van der Waals surface area (Å²) in [6, 6.07) is 8.45. The molecule has 0 spiro atoms. The summed E-state index contributed by atoms with van der Waals surface area (Å²) < 4.78 is 5.40. The number of benzene rings is 1. The molecule has 3 nitrogen and oxygen atoms in total. The molecule has 1 N–H and O–H groups in total. The van der Waals surface area contributed by atoms with E-state index >= 15 is 0 Å². The molecule has 24 heavy (non-hydrogen) atoms. The van der Waals surface area contributed by atoms with E-state index in [1.54, 1.807) is 18.9 Å². The molecule has 0 amide bonds. The first-order chi connectivity index (χ1) is 11.8. The zero-order chi connectivity index (χ0) is 16.5. The summed E-state index contributed by atoms with van der Waals surface area (Å²) in [5.41, 5.74) is 6.30. The lowest BCUT2D eigenvalue weighted by Crippen LogP contribution is -1.99. The maximum Gasteiger partial charge on any atom is 0.119 e. The van der Waals surface area contributed by atoms with Gasteiger partial charge in [0, 0.05) is 22.7 Å². The zero-order valence-corrected chi connectivity index (χ0v) is 15.0. The van der Waals surface area contributed by atoms with Crippen LogP contribution in [0.15, 0.2) is 35.5 Å². The van der Waals surface area contributed by atoms with Crippen LogP contribution in [0.5, 0.6) is 5.75 Å². The molecule has 0 saturated heterocycles. The predicted octanol–water partition coefficient (Wildman–Crippen LogP) is 5.23. The SMILES string of the molecule is COc1ccc2[nH]cc(-c3cc4c(c(SC)n3)CCCCC4)c2c1. The topological polar surface area (TPSA) is 37.9 Å². The fraction of sp³-hybridized carbons (Fsp3) is 0.350. The van der Waals surface area contributed by atoms with Crippen molar-refractivity contribution in [3.8, 4) is 17.0 Å². The van der Waals surface area contributed by atoms with Crippen molar-refractivity contribution in [2.75, 3.05) is 13.4 Å². The van der Waals surface area contributed by atoms with Crippen LogP contribution in [0.25, 0.3) is 22.2 Å². The Morgan fingerprint density at radius 3 is 2.83 bits per heavy atom. The Hall–Kier alpha value is -1.94. The summed E-state index contributed by atoms with van der Waals surface area (Å²) in [6.07, 6.45) is 10.4. The van der Waals surface area contributed by atoms with Crippen molar-refractivity contribution in [1.29, 1.82) is 0 Å². The lowest BCUT2D eigenvalue weighted by molar-refractivity contribution is 0.415. The van der Waals surface area contributed by atoms with Gasteiger partial charge in [0.15, 0.2) is 0 Å². The third-order valence-corrected chi connectivity index (χ3v) is 5.63. The van der Waals surface area contributed by atoms with E-state index in [2.05, 4.69) is 35.6 Å². The first-order valence-corrected chi connectivity index (χ1v) is 9.75. The van der Waals surface area contributed by atoms with Gasteiger partial charge in [-0.05, 0) is 67.3 Å². The van der Waals surface area contributed by atoms with Crippen molar-refractivity contribution in [3.05, 3.63) is 41.6 Å². The van der Waals surface area contributed by atoms with Crippen molar-refractivity contribution >= 4 is 22.7 Å². The molecule has 2 aromatic heterocycles. The summed E-state index contributed by atoms with van der Waals surface area (Å²) in [5.74, 6) is 0.878. The number of nitrogens with one attached hydrogen (secondary N) is 1. The van der Waals surface area contributed by atoms with E-state index in [-0.39, 0.29) is 0 Å². The lowest BCUT2D eigenvalue weighted by atomic mass is 10.0. The summed E-state index contributed by atoms with van der Waals surface area (Å²) >= 11 is 1.77. The number of hydrogen-bond acceptors (Lipinski definition) is 3. The summed E-state index contributed by atoms with van der Waals surface area (Å²) in [5, 5.41) is 2.36. The molecule has 0 unspecified atom stereocenters. The minimum Gasteiger partial charge on any atom is -0.497 e. The molecule has 124 valence electrons. The Labute approximate surface area is 146 Å². The molecular formula is C20H22N2OS. The second-order valence-electron chi connectivity index (χ2n) is 6.33. The highest BCUT2D eigenvalue weighted by Gasteiger charge is 2.17. The second kappa shape index (κ2) is 6.52. The molecule has 4 heteroatoms. The molecule has 0 fully saturated rings. The highest BCUT2D eigenvalue weighted by Crippen LogP contribution is 2.35. The Bertz CT molecular complexity index is 885. The van der Waals surface area contributed by atoms with Gasteiger partial charge in [-0.1, -0.05) is 6.42 Å². The van der Waals surface area contributed by atoms with Crippen LogP contribution in [0.2, 0.25) is 0 Å². The number of nitrogens with zero attached hydrogens (tertiary/aromatic N) is 1. The first kappa shape index (κ1) is 15.6. The number of aryl methyl sites for hydroxylation is 1. The van der Waals surface area contributed by atoms with Crippen LogP contribution in [0.3, 0.4) is 0 Å². The minimum absolute atomic E-state index is 0.878. The molecule has 4 rings (SSSR count). The highest BCUT2D eigenvalue weighted by molar-refractivity contribution is 7.98. The van der Waals surface area contributed by atoms with Crippen molar-refractivity contribution < 1.29 is 4.74 Å². The number of aromatic nitrogens is 2. The van der Waals surface area contributed by atoms with E-state index in [0.29, 0.717) is 0 Å². The number of fused-ring (bicyclic) bond motifs is 2. The second-order valence-corrected chi connectivity index (χ2v) is 7.12. The predicted molar refractivity (Wildman–Crippen MR) is 101 cm³/mol. The molecule has 0 bridgehead atoms. The van der Waals surface area contributed by atoms with Crippen LogP contribution < -0.4 is 4.74 Å². The number of ether oxygens (including phenoxy) is 1. The van der Waals surface area contributed by atoms with Gasteiger partial charge in [0.1, 0.15) is 5.75 Å². The average Bonchev–Trinajstić information content (AvgIpc) is 2.89. The van der Waals surface area contributed by atoms with Crippen LogP contribution in [-0.4, -0.2) is 23.3 Å². The van der Waals surface area contributed by atoms with E-state index in [0.717, 1.165) is 22.5 Å². The Morgan fingerprint density at radius 2 is 2.00 bits per heavy atom. The number of H-pyrrole nitrogens is 1. The van der Waals surface area contributed by atoms with Gasteiger partial charge < -0.3 is 9.72 Å². The zero-order valence-electron chi connectivity index (χ0n) is 14.2. The van der Waals surface area contributed by atoms with Gasteiger partial charge in [0.25, 0.3) is 0 Å². The van der Waals surface area contributed by atoms with E-state index in [1.165, 1.54) is 53.6 Å². The van der Waals surface area contributed by atoms with Crippen molar-refractivity contribution in [2.24, 2.45) is 0 Å². The normalized spacial score (nSPS) is 14.4. The standard InChI is InChI=1S/C20H22N2OS/c1-23-14-8-9-18-16(11-14)17(12-21-18)19-10-13-6-4-3-5-7-15(13)20(22-19)24-2/h8-12,21H,3-7H2,1-2H3. The quantitative estimate of drug-likeness (QED) is 0.525. The Kier molecular flexibility index (Phi) is 4.23. The van der Waals surface area contributed by atoms with Crippen molar-refractivity contribution in [1.82, 2.24) is 9.97 Å². The van der Waals surface area contributed by atoms with Crippen LogP contribution in [0.4, 0.5) is 0 Å². The van der Waals surface area contributed by atoms with E-state index in [4.69, 9.17) is 9.72 Å². The highest BCUT2D eigenvalue weighted by atomic mass is 32.2. The molecule has 1 aliphatic rings. The van der Waals surface area contributed by atoms with Crippen molar-refractivity contribution in [3.63, 3.8) is 0 Å². The molecule has 3 aromatic rings. The molecule has 0 radical (unpaired) electrons. The van der Waals surface area contributed by atoms with Crippen LogP contribution in [0.1, 0.15) is 30.4 Å². The van der Waals surface area contributed by atoms with Gasteiger partial charge in [-0.25, -0.2) is 4.98 Å². The minimum atomic E-state index is 0.878. The van der Waals surface area contributed by atoms with E-state index < -0.39 is 0 Å². The number of rotatable bonds is 3. The molecule has 2 heterocycles. The molecule has 0 saturated carbocycles. The lowest BCUT2D eigenvalue weighted by Gasteiger charge is -2.13.